The molecule has 2 heterocycles. The number of anilines is 2. The number of carbonyl (C=O) groups excluding carboxylic acids is 3. The topological polar surface area (TPSA) is 100 Å². The van der Waals surface area contributed by atoms with Crippen molar-refractivity contribution in [1.29, 1.82) is 0 Å². The third-order valence-corrected chi connectivity index (χ3v) is 7.44. The Labute approximate surface area is 234 Å². The van der Waals surface area contributed by atoms with Gasteiger partial charge in [0.05, 0.1) is 6.61 Å². The number of benzene rings is 3. The molecule has 9 nitrogen and oxygen atoms in total. The lowest BCUT2D eigenvalue weighted by Crippen LogP contribution is -2.50. The average molecular weight is 543 g/mol. The maximum Gasteiger partial charge on any atom is 0.325 e. The number of amides is 4. The Morgan fingerprint density at radius 2 is 1.68 bits per heavy atom. The molecule has 208 valence electrons. The number of nitrogens with one attached hydrogen (secondary N) is 2. The van der Waals surface area contributed by atoms with Gasteiger partial charge in [0.2, 0.25) is 5.91 Å². The molecular weight excluding hydrogens is 508 g/mol. The van der Waals surface area contributed by atoms with Crippen LogP contribution >= 0.6 is 0 Å². The van der Waals surface area contributed by atoms with E-state index >= 15 is 0 Å². The lowest BCUT2D eigenvalue weighted by atomic mass is 9.91. The second-order valence-electron chi connectivity index (χ2n) is 10.0. The van der Waals surface area contributed by atoms with Crippen LogP contribution in [-0.2, 0) is 14.3 Å². The summed E-state index contributed by atoms with van der Waals surface area (Å²) in [5.41, 5.74) is 3.16. The lowest BCUT2D eigenvalue weighted by molar-refractivity contribution is -0.134. The lowest BCUT2D eigenvalue weighted by Gasteiger charge is -2.33. The van der Waals surface area contributed by atoms with E-state index in [9.17, 15) is 14.4 Å². The van der Waals surface area contributed by atoms with Crippen molar-refractivity contribution in [3.63, 3.8) is 0 Å². The number of imide groups is 1. The van der Waals surface area contributed by atoms with Crippen LogP contribution < -0.4 is 20.3 Å². The van der Waals surface area contributed by atoms with E-state index in [0.717, 1.165) is 29.2 Å². The molecule has 0 aromatic heterocycles. The van der Waals surface area contributed by atoms with Crippen molar-refractivity contribution >= 4 is 29.2 Å². The van der Waals surface area contributed by atoms with Crippen molar-refractivity contribution in [3.8, 4) is 5.75 Å². The van der Waals surface area contributed by atoms with E-state index in [2.05, 4.69) is 15.5 Å². The molecule has 3 aromatic carbocycles. The van der Waals surface area contributed by atoms with Gasteiger partial charge in [0.25, 0.3) is 5.91 Å². The number of nitrogens with zero attached hydrogens (tertiary/aromatic N) is 2. The number of carbonyl (C=O) groups is 3. The van der Waals surface area contributed by atoms with E-state index in [-0.39, 0.29) is 0 Å². The van der Waals surface area contributed by atoms with E-state index in [1.54, 1.807) is 31.4 Å². The van der Waals surface area contributed by atoms with Crippen LogP contribution in [0, 0.1) is 0 Å². The highest BCUT2D eigenvalue weighted by Crippen LogP contribution is 2.32. The van der Waals surface area contributed by atoms with Crippen LogP contribution in [0.5, 0.6) is 5.75 Å². The summed E-state index contributed by atoms with van der Waals surface area (Å²) in [6.07, 6.45) is 1.18. The minimum absolute atomic E-state index is 0.401. The number of ether oxygens (including phenoxy) is 2. The van der Waals surface area contributed by atoms with Gasteiger partial charge >= 0.3 is 6.03 Å². The zero-order valence-electron chi connectivity index (χ0n) is 22.7. The summed E-state index contributed by atoms with van der Waals surface area (Å²) in [6.45, 7) is 4.77. The molecule has 2 N–H and O–H groups in total. The molecule has 4 amide bonds. The van der Waals surface area contributed by atoms with E-state index < -0.39 is 35.8 Å². The van der Waals surface area contributed by atoms with Gasteiger partial charge in [-0.1, -0.05) is 49.4 Å². The number of hydrogen-bond donors (Lipinski definition) is 2. The van der Waals surface area contributed by atoms with Crippen molar-refractivity contribution in [3.05, 3.63) is 90.0 Å². The smallest absolute Gasteiger partial charge is 0.325 e. The predicted octanol–water partition coefficient (Wildman–Crippen LogP) is 4.33. The Morgan fingerprint density at radius 3 is 2.30 bits per heavy atom. The highest BCUT2D eigenvalue weighted by Gasteiger charge is 2.47. The van der Waals surface area contributed by atoms with Gasteiger partial charge < -0.3 is 25.0 Å². The van der Waals surface area contributed by atoms with Gasteiger partial charge in [0.15, 0.2) is 0 Å². The molecule has 2 saturated heterocycles. The molecule has 2 aliphatic rings. The van der Waals surface area contributed by atoms with Crippen LogP contribution in [0.2, 0.25) is 0 Å². The summed E-state index contributed by atoms with van der Waals surface area (Å²) in [6, 6.07) is 21.4. The molecule has 3 aromatic rings. The minimum Gasteiger partial charge on any atom is -0.491 e. The molecule has 2 fully saturated rings. The monoisotopic (exact) mass is 542 g/mol. The first-order valence-electron chi connectivity index (χ1n) is 13.5. The van der Waals surface area contributed by atoms with Gasteiger partial charge in [-0.2, -0.15) is 0 Å². The highest BCUT2D eigenvalue weighted by molar-refractivity contribution is 6.10. The largest absolute Gasteiger partial charge is 0.491 e. The van der Waals surface area contributed by atoms with Crippen molar-refractivity contribution in [2.24, 2.45) is 0 Å². The van der Waals surface area contributed by atoms with E-state index in [4.69, 9.17) is 9.47 Å². The summed E-state index contributed by atoms with van der Waals surface area (Å²) in [5, 5.41) is 5.71. The second-order valence-corrected chi connectivity index (χ2v) is 10.0. The SMILES string of the molecule is COCCOc1ccc([C@H]2NC(=O)N([C@H](C(=O)Nc3ccc(N4CCC4)cc3)[C@@H](C)c3ccccc3)C2=O)cc1. The maximum atomic E-state index is 13.8. The first-order chi connectivity index (χ1) is 19.5. The first-order valence-corrected chi connectivity index (χ1v) is 13.5. The van der Waals surface area contributed by atoms with Gasteiger partial charge in [0.1, 0.15) is 24.4 Å². The number of urea groups is 1. The van der Waals surface area contributed by atoms with Crippen molar-refractivity contribution < 1.29 is 23.9 Å². The Morgan fingerprint density at radius 1 is 0.975 bits per heavy atom. The second kappa shape index (κ2) is 12.2. The Hall–Kier alpha value is -4.37. The molecule has 0 spiro atoms. The summed E-state index contributed by atoms with van der Waals surface area (Å²) in [4.78, 5) is 44.1. The van der Waals surface area contributed by atoms with Gasteiger partial charge in [-0.25, -0.2) is 9.69 Å². The molecule has 9 heteroatoms. The fourth-order valence-electron chi connectivity index (χ4n) is 5.04. The number of rotatable bonds is 11. The molecule has 3 atom stereocenters. The molecule has 2 aliphatic heterocycles. The molecule has 0 aliphatic carbocycles. The summed E-state index contributed by atoms with van der Waals surface area (Å²) in [7, 11) is 1.60. The van der Waals surface area contributed by atoms with Crippen LogP contribution in [0.3, 0.4) is 0 Å². The van der Waals surface area contributed by atoms with E-state index in [1.165, 1.54) is 6.42 Å². The molecule has 0 radical (unpaired) electrons. The quantitative estimate of drug-likeness (QED) is 0.277. The first kappa shape index (κ1) is 27.2. The highest BCUT2D eigenvalue weighted by atomic mass is 16.5. The van der Waals surface area contributed by atoms with Crippen LogP contribution in [0.4, 0.5) is 16.2 Å². The zero-order valence-corrected chi connectivity index (χ0v) is 22.7. The standard InChI is InChI=1S/C31H34N4O5/c1-21(22-7-4-3-5-8-22)28(29(36)32-24-11-13-25(14-12-24)34-17-6-18-34)35-30(37)27(33-31(35)38)23-9-15-26(16-10-23)40-20-19-39-2/h3-5,7-16,21,27-28H,6,17-20H2,1-2H3,(H,32,36)(H,33,38)/t21-,27+,28-/m0/s1. The predicted molar refractivity (Wildman–Crippen MR) is 152 cm³/mol. The summed E-state index contributed by atoms with van der Waals surface area (Å²) < 4.78 is 10.6. The van der Waals surface area contributed by atoms with Crippen LogP contribution in [0.15, 0.2) is 78.9 Å². The maximum absolute atomic E-state index is 13.8. The number of hydrogen-bond acceptors (Lipinski definition) is 6. The minimum atomic E-state index is -1.06. The molecule has 5 rings (SSSR count). The normalized spacial score (nSPS) is 18.1. The molecule has 0 unspecified atom stereocenters. The van der Waals surface area contributed by atoms with Crippen molar-refractivity contribution in [2.45, 2.75) is 31.3 Å². The van der Waals surface area contributed by atoms with Crippen LogP contribution in [0.1, 0.15) is 36.4 Å². The van der Waals surface area contributed by atoms with Crippen molar-refractivity contribution in [2.75, 3.05) is 43.6 Å². The van der Waals surface area contributed by atoms with Gasteiger partial charge in [-0.05, 0) is 53.9 Å². The zero-order chi connectivity index (χ0) is 28.1. The van der Waals surface area contributed by atoms with E-state index in [0.29, 0.717) is 30.2 Å². The molecular formula is C31H34N4O5. The van der Waals surface area contributed by atoms with Gasteiger partial charge in [-0.3, -0.25) is 9.59 Å². The third-order valence-electron chi connectivity index (χ3n) is 7.44. The Balaban J connectivity index is 1.37. The van der Waals surface area contributed by atoms with Crippen LogP contribution in [-0.4, -0.2) is 62.2 Å². The van der Waals surface area contributed by atoms with Crippen LogP contribution in [0.25, 0.3) is 0 Å². The summed E-state index contributed by atoms with van der Waals surface area (Å²) in [5.74, 6) is -0.732. The molecule has 40 heavy (non-hydrogen) atoms. The average Bonchev–Trinajstić information content (AvgIpc) is 3.23. The Kier molecular flexibility index (Phi) is 8.31. The van der Waals surface area contributed by atoms with E-state index in [1.807, 2.05) is 61.5 Å². The van der Waals surface area contributed by atoms with Crippen molar-refractivity contribution in [1.82, 2.24) is 10.2 Å². The third kappa shape index (κ3) is 5.79. The molecule has 0 bridgehead atoms. The fourth-order valence-corrected chi connectivity index (χ4v) is 5.04. The Bertz CT molecular complexity index is 1330. The fraction of sp³-hybridized carbons (Fsp3) is 0.323. The molecule has 0 saturated carbocycles. The summed E-state index contributed by atoms with van der Waals surface area (Å²) >= 11 is 0. The van der Waals surface area contributed by atoms with Gasteiger partial charge in [-0.15, -0.1) is 0 Å². The number of methoxy groups -OCH3 is 1. The van der Waals surface area contributed by atoms with Gasteiger partial charge in [0, 0.05) is 37.5 Å².